The zero-order valence-corrected chi connectivity index (χ0v) is 18.9. The van der Waals surface area contributed by atoms with Gasteiger partial charge in [-0.05, 0) is 49.6 Å². The average molecular weight is 446 g/mol. The number of aromatic amines is 1. The molecule has 0 spiro atoms. The smallest absolute Gasteiger partial charge is 0.245 e. The predicted molar refractivity (Wildman–Crippen MR) is 124 cm³/mol. The fraction of sp³-hybridized carbons (Fsp3) is 0.375. The van der Waals surface area contributed by atoms with E-state index in [4.69, 9.17) is 0 Å². The van der Waals surface area contributed by atoms with Crippen LogP contribution in [0, 0.1) is 0 Å². The largest absolute Gasteiger partial charge is 0.343 e. The number of carbonyl (C=O) groups excluding carboxylic acids is 2. The summed E-state index contributed by atoms with van der Waals surface area (Å²) >= 11 is 0. The van der Waals surface area contributed by atoms with E-state index in [-0.39, 0.29) is 17.9 Å². The maximum absolute atomic E-state index is 13.1. The minimum absolute atomic E-state index is 0.0287. The molecule has 9 nitrogen and oxygen atoms in total. The van der Waals surface area contributed by atoms with Crippen molar-refractivity contribution < 1.29 is 9.59 Å². The van der Waals surface area contributed by atoms with Gasteiger partial charge in [0.25, 0.3) is 0 Å². The number of carbonyl (C=O) groups is 2. The van der Waals surface area contributed by atoms with Gasteiger partial charge in [-0.25, -0.2) is 4.98 Å². The number of nitrogens with zero attached hydrogens (tertiary/aromatic N) is 6. The Morgan fingerprint density at radius 1 is 1.21 bits per heavy atom. The van der Waals surface area contributed by atoms with Gasteiger partial charge in [-0.3, -0.25) is 9.59 Å². The second-order valence-corrected chi connectivity index (χ2v) is 8.41. The van der Waals surface area contributed by atoms with E-state index in [0.29, 0.717) is 26.1 Å². The molecule has 0 saturated carbocycles. The third-order valence-electron chi connectivity index (χ3n) is 6.47. The maximum atomic E-state index is 13.1. The number of amides is 2. The van der Waals surface area contributed by atoms with Crippen LogP contribution >= 0.6 is 0 Å². The lowest BCUT2D eigenvalue weighted by atomic mass is 10.1. The zero-order valence-electron chi connectivity index (χ0n) is 18.9. The van der Waals surface area contributed by atoms with Gasteiger partial charge >= 0.3 is 0 Å². The highest BCUT2D eigenvalue weighted by molar-refractivity contribution is 5.97. The van der Waals surface area contributed by atoms with E-state index in [1.54, 1.807) is 21.9 Å². The fourth-order valence-corrected chi connectivity index (χ4v) is 4.78. The monoisotopic (exact) mass is 445 g/mol. The van der Waals surface area contributed by atoms with Crippen molar-refractivity contribution in [3.05, 3.63) is 48.5 Å². The molecule has 1 saturated heterocycles. The third-order valence-corrected chi connectivity index (χ3v) is 6.47. The van der Waals surface area contributed by atoms with Gasteiger partial charge in [0.05, 0.1) is 11.7 Å². The van der Waals surface area contributed by atoms with Crippen LogP contribution < -0.4 is 0 Å². The number of likely N-dealkylation sites (N-methyl/N-ethyl adjacent to an activating group) is 1. The summed E-state index contributed by atoms with van der Waals surface area (Å²) in [6.07, 6.45) is 7.62. The number of fused-ring (bicyclic) bond motifs is 2. The Balaban J connectivity index is 1.37. The van der Waals surface area contributed by atoms with Gasteiger partial charge in [-0.1, -0.05) is 0 Å². The van der Waals surface area contributed by atoms with Gasteiger partial charge in [0.1, 0.15) is 11.7 Å². The molecular weight excluding hydrogens is 418 g/mol. The molecule has 0 unspecified atom stereocenters. The second-order valence-electron chi connectivity index (χ2n) is 8.41. The van der Waals surface area contributed by atoms with Crippen LogP contribution in [0.15, 0.2) is 42.9 Å². The van der Waals surface area contributed by atoms with Crippen LogP contribution in [0.4, 0.5) is 0 Å². The number of hydrogen-bond acceptors (Lipinski definition) is 5. The van der Waals surface area contributed by atoms with Crippen molar-refractivity contribution in [2.24, 2.45) is 0 Å². The molecule has 170 valence electrons. The summed E-state index contributed by atoms with van der Waals surface area (Å²) in [5, 5.41) is 9.63. The fourth-order valence-electron chi connectivity index (χ4n) is 4.78. The first kappa shape index (κ1) is 21.1. The maximum Gasteiger partial charge on any atom is 0.245 e. The summed E-state index contributed by atoms with van der Waals surface area (Å²) in [6.45, 7) is 5.38. The number of aromatic nitrogens is 5. The Morgan fingerprint density at radius 2 is 2.09 bits per heavy atom. The van der Waals surface area contributed by atoms with Gasteiger partial charge in [0.2, 0.25) is 11.8 Å². The number of nitrogens with one attached hydrogen (secondary N) is 1. The Morgan fingerprint density at radius 3 is 2.91 bits per heavy atom. The molecule has 5 rings (SSSR count). The number of pyridine rings is 1. The standard InChI is InChI=1S/C24H27N7O2/c1-3-29(24(33)22-7-5-12-30(22)16(2)32)13-9-17-14-19-18(8-11-25-23(19)28-17)20-15-27-31-21(20)6-4-10-26-31/h4,6,8,10-11,14-15,22H,3,5,7,9,12-13H2,1-2H3,(H,25,28)/t22-/m0/s1. The molecule has 4 aromatic heterocycles. The SMILES string of the molecule is CCN(CCc1cc2c(-c3cnn4ncccc34)ccnc2[nH]1)C(=O)[C@@H]1CCCN1C(C)=O. The van der Waals surface area contributed by atoms with Crippen molar-refractivity contribution in [2.75, 3.05) is 19.6 Å². The molecule has 2 amide bonds. The minimum atomic E-state index is -0.331. The molecular formula is C24H27N7O2. The van der Waals surface area contributed by atoms with Crippen LogP contribution in [0.25, 0.3) is 27.7 Å². The van der Waals surface area contributed by atoms with Crippen LogP contribution in [0.5, 0.6) is 0 Å². The molecule has 4 aromatic rings. The lowest BCUT2D eigenvalue weighted by molar-refractivity contribution is -0.142. The Labute approximate surface area is 191 Å². The average Bonchev–Trinajstić information content (AvgIpc) is 3.56. The van der Waals surface area contributed by atoms with Gasteiger partial charge in [0, 0.05) is 62.0 Å². The summed E-state index contributed by atoms with van der Waals surface area (Å²) in [4.78, 5) is 36.5. The van der Waals surface area contributed by atoms with E-state index in [1.807, 2.05) is 36.2 Å². The van der Waals surface area contributed by atoms with E-state index in [2.05, 4.69) is 26.2 Å². The van der Waals surface area contributed by atoms with Gasteiger partial charge < -0.3 is 14.8 Å². The molecule has 0 bridgehead atoms. The highest BCUT2D eigenvalue weighted by atomic mass is 16.2. The van der Waals surface area contributed by atoms with E-state index >= 15 is 0 Å². The summed E-state index contributed by atoms with van der Waals surface area (Å²) < 4.78 is 1.62. The first-order valence-electron chi connectivity index (χ1n) is 11.4. The first-order valence-corrected chi connectivity index (χ1v) is 11.4. The highest BCUT2D eigenvalue weighted by Crippen LogP contribution is 2.31. The summed E-state index contributed by atoms with van der Waals surface area (Å²) in [7, 11) is 0. The number of hydrogen-bond donors (Lipinski definition) is 1. The van der Waals surface area contributed by atoms with Crippen LogP contribution in [-0.2, 0) is 16.0 Å². The lowest BCUT2D eigenvalue weighted by Crippen LogP contribution is -2.47. The van der Waals surface area contributed by atoms with Crippen molar-refractivity contribution in [1.29, 1.82) is 0 Å². The summed E-state index contributed by atoms with van der Waals surface area (Å²) in [5.41, 5.74) is 4.79. The third kappa shape index (κ3) is 3.83. The van der Waals surface area contributed by atoms with Crippen LogP contribution in [0.1, 0.15) is 32.4 Å². The van der Waals surface area contributed by atoms with Gasteiger partial charge in [-0.2, -0.15) is 14.8 Å². The van der Waals surface area contributed by atoms with Gasteiger partial charge in [-0.15, -0.1) is 0 Å². The van der Waals surface area contributed by atoms with Gasteiger partial charge in [0.15, 0.2) is 0 Å². The Bertz CT molecular complexity index is 1320. The normalized spacial score (nSPS) is 16.1. The molecule has 1 N–H and O–H groups in total. The zero-order chi connectivity index (χ0) is 22.9. The topological polar surface area (TPSA) is 99.5 Å². The van der Waals surface area contributed by atoms with E-state index < -0.39 is 0 Å². The van der Waals surface area contributed by atoms with E-state index in [9.17, 15) is 9.59 Å². The van der Waals surface area contributed by atoms with Crippen molar-refractivity contribution in [1.82, 2.24) is 34.6 Å². The van der Waals surface area contributed by atoms with Crippen LogP contribution in [-0.4, -0.2) is 72.1 Å². The van der Waals surface area contributed by atoms with Crippen molar-refractivity contribution in [2.45, 2.75) is 39.2 Å². The quantitative estimate of drug-likeness (QED) is 0.492. The summed E-state index contributed by atoms with van der Waals surface area (Å²) in [6, 6.07) is 7.65. The molecule has 1 aliphatic rings. The second kappa shape index (κ2) is 8.65. The Kier molecular flexibility index (Phi) is 5.53. The number of rotatable bonds is 6. The molecule has 0 aliphatic carbocycles. The molecule has 0 radical (unpaired) electrons. The van der Waals surface area contributed by atoms with Crippen molar-refractivity contribution in [3.63, 3.8) is 0 Å². The molecule has 33 heavy (non-hydrogen) atoms. The molecule has 1 aliphatic heterocycles. The van der Waals surface area contributed by atoms with Crippen LogP contribution in [0.3, 0.4) is 0 Å². The molecule has 1 fully saturated rings. The molecule has 0 aromatic carbocycles. The number of likely N-dealkylation sites (tertiary alicyclic amines) is 1. The first-order chi connectivity index (χ1) is 16.1. The van der Waals surface area contributed by atoms with Crippen molar-refractivity contribution >= 4 is 28.4 Å². The highest BCUT2D eigenvalue weighted by Gasteiger charge is 2.34. The Hall–Kier alpha value is -3.75. The number of H-pyrrole nitrogens is 1. The predicted octanol–water partition coefficient (Wildman–Crippen LogP) is 2.67. The molecule has 9 heteroatoms. The molecule has 1 atom stereocenters. The van der Waals surface area contributed by atoms with Crippen molar-refractivity contribution in [3.8, 4) is 11.1 Å². The van der Waals surface area contributed by atoms with Crippen LogP contribution in [0.2, 0.25) is 0 Å². The minimum Gasteiger partial charge on any atom is -0.343 e. The summed E-state index contributed by atoms with van der Waals surface area (Å²) in [5.74, 6) is 0.0120. The lowest BCUT2D eigenvalue weighted by Gasteiger charge is -2.29. The molecule has 5 heterocycles. The van der Waals surface area contributed by atoms with E-state index in [0.717, 1.165) is 46.2 Å². The van der Waals surface area contributed by atoms with E-state index in [1.165, 1.54) is 6.92 Å².